The van der Waals surface area contributed by atoms with Crippen LogP contribution in [0.5, 0.6) is 0 Å². The number of nitrogens with one attached hydrogen (secondary N) is 1. The van der Waals surface area contributed by atoms with Crippen molar-refractivity contribution in [1.82, 2.24) is 10.2 Å². The summed E-state index contributed by atoms with van der Waals surface area (Å²) in [6.45, 7) is 5.20. The zero-order chi connectivity index (χ0) is 15.9. The molecule has 22 heavy (non-hydrogen) atoms. The number of hydrogen-bond donors (Lipinski definition) is 1. The molecule has 0 spiro atoms. The highest BCUT2D eigenvalue weighted by atomic mass is 32.2. The van der Waals surface area contributed by atoms with Crippen LogP contribution in [-0.2, 0) is 10.8 Å². The predicted octanol–water partition coefficient (Wildman–Crippen LogP) is 2.72. The third kappa shape index (κ3) is 4.74. The number of urea groups is 1. The second-order valence-electron chi connectivity index (χ2n) is 5.47. The Morgan fingerprint density at radius 2 is 2.09 bits per heavy atom. The van der Waals surface area contributed by atoms with Crippen molar-refractivity contribution < 1.29 is 9.00 Å². The first-order chi connectivity index (χ1) is 10.6. The van der Waals surface area contributed by atoms with Crippen LogP contribution in [0, 0.1) is 0 Å². The first kappa shape index (κ1) is 17.3. The number of carbonyl (C=O) groups is 1. The molecule has 0 radical (unpaired) electrons. The minimum Gasteiger partial charge on any atom is -0.338 e. The molecule has 0 aromatic heterocycles. The van der Waals surface area contributed by atoms with Gasteiger partial charge in [0.15, 0.2) is 0 Å². The van der Waals surface area contributed by atoms with Crippen LogP contribution < -0.4 is 5.32 Å². The molecule has 1 heterocycles. The Morgan fingerprint density at radius 1 is 1.36 bits per heavy atom. The molecule has 0 bridgehead atoms. The Balaban J connectivity index is 1.66. The van der Waals surface area contributed by atoms with Gasteiger partial charge in [0.2, 0.25) is 0 Å². The molecule has 1 aromatic rings. The summed E-state index contributed by atoms with van der Waals surface area (Å²) in [4.78, 5) is 15.3. The summed E-state index contributed by atoms with van der Waals surface area (Å²) in [5.41, 5.74) is 0. The van der Waals surface area contributed by atoms with E-state index in [0.717, 1.165) is 12.2 Å². The molecule has 3 unspecified atom stereocenters. The largest absolute Gasteiger partial charge is 0.338 e. The lowest BCUT2D eigenvalue weighted by Gasteiger charge is -2.37. The van der Waals surface area contributed by atoms with Gasteiger partial charge in [-0.25, -0.2) is 4.79 Å². The maximum atomic E-state index is 12.2. The molecular formula is C16H24N2O2S2. The summed E-state index contributed by atoms with van der Waals surface area (Å²) in [6, 6.07) is 10.3. The van der Waals surface area contributed by atoms with Crippen LogP contribution in [0.4, 0.5) is 4.79 Å². The summed E-state index contributed by atoms with van der Waals surface area (Å²) in [5, 5.41) is 3.03. The van der Waals surface area contributed by atoms with Crippen molar-refractivity contribution >= 4 is 28.6 Å². The lowest BCUT2D eigenvalue weighted by molar-refractivity contribution is 0.179. The van der Waals surface area contributed by atoms with Crippen molar-refractivity contribution in [1.29, 1.82) is 0 Å². The molecule has 0 saturated carbocycles. The van der Waals surface area contributed by atoms with Crippen LogP contribution in [0.3, 0.4) is 0 Å². The van der Waals surface area contributed by atoms with Crippen molar-refractivity contribution in [2.45, 2.75) is 36.5 Å². The highest BCUT2D eigenvalue weighted by Gasteiger charge is 2.32. The molecule has 1 aliphatic heterocycles. The number of hydrogen-bond acceptors (Lipinski definition) is 3. The maximum Gasteiger partial charge on any atom is 0.317 e. The molecule has 2 rings (SSSR count). The highest BCUT2D eigenvalue weighted by Crippen LogP contribution is 2.18. The number of amides is 2. The second-order valence-corrected chi connectivity index (χ2v) is 8.55. The molecule has 0 aliphatic carbocycles. The average molecular weight is 341 g/mol. The summed E-state index contributed by atoms with van der Waals surface area (Å²) in [5.74, 6) is 1.57. The molecule has 2 amide bonds. The number of carbonyl (C=O) groups excluding carboxylic acids is 1. The molecule has 4 nitrogen and oxygen atoms in total. The van der Waals surface area contributed by atoms with E-state index in [1.54, 1.807) is 11.8 Å². The van der Waals surface area contributed by atoms with Gasteiger partial charge < -0.3 is 10.2 Å². The van der Waals surface area contributed by atoms with Gasteiger partial charge in [0.25, 0.3) is 0 Å². The topological polar surface area (TPSA) is 49.4 Å². The minimum atomic E-state index is -0.807. The van der Waals surface area contributed by atoms with Gasteiger partial charge in [0.1, 0.15) is 0 Å². The van der Waals surface area contributed by atoms with Crippen LogP contribution in [0.15, 0.2) is 35.2 Å². The third-order valence-electron chi connectivity index (χ3n) is 3.99. The molecule has 122 valence electrons. The van der Waals surface area contributed by atoms with E-state index in [1.165, 1.54) is 4.90 Å². The van der Waals surface area contributed by atoms with E-state index >= 15 is 0 Å². The fourth-order valence-corrected chi connectivity index (χ4v) is 4.62. The van der Waals surface area contributed by atoms with Crippen molar-refractivity contribution in [3.05, 3.63) is 30.3 Å². The Hall–Kier alpha value is -1.01. The third-order valence-corrected chi connectivity index (χ3v) is 6.90. The Kier molecular flexibility index (Phi) is 6.76. The quantitative estimate of drug-likeness (QED) is 0.662. The molecule has 1 fully saturated rings. The van der Waals surface area contributed by atoms with Gasteiger partial charge in [0.05, 0.1) is 5.25 Å². The van der Waals surface area contributed by atoms with Gasteiger partial charge >= 0.3 is 6.03 Å². The zero-order valence-corrected chi connectivity index (χ0v) is 14.8. The maximum absolute atomic E-state index is 12.2. The number of rotatable bonds is 5. The molecule has 6 heteroatoms. The lowest BCUT2D eigenvalue weighted by Crippen LogP contribution is -2.55. The monoisotopic (exact) mass is 340 g/mol. The number of benzene rings is 1. The molecule has 1 aliphatic rings. The molecular weight excluding hydrogens is 316 g/mol. The van der Waals surface area contributed by atoms with Crippen LogP contribution >= 0.6 is 11.8 Å². The van der Waals surface area contributed by atoms with Gasteiger partial charge in [-0.1, -0.05) is 18.2 Å². The van der Waals surface area contributed by atoms with Gasteiger partial charge in [-0.05, 0) is 38.2 Å². The Labute approximate surface area is 139 Å². The van der Waals surface area contributed by atoms with E-state index in [9.17, 15) is 9.00 Å². The van der Waals surface area contributed by atoms with Crippen LogP contribution in [0.25, 0.3) is 0 Å². The summed E-state index contributed by atoms with van der Waals surface area (Å²) >= 11 is 1.80. The second kappa shape index (κ2) is 8.58. The van der Waals surface area contributed by atoms with Crippen LogP contribution in [-0.4, -0.2) is 51.0 Å². The summed E-state index contributed by atoms with van der Waals surface area (Å²) in [7, 11) is -0.807. The average Bonchev–Trinajstić information content (AvgIpc) is 2.53. The van der Waals surface area contributed by atoms with E-state index in [0.29, 0.717) is 18.8 Å². The zero-order valence-electron chi connectivity index (χ0n) is 13.2. The van der Waals surface area contributed by atoms with E-state index in [2.05, 4.69) is 17.4 Å². The molecule has 3 atom stereocenters. The van der Waals surface area contributed by atoms with E-state index < -0.39 is 10.8 Å². The van der Waals surface area contributed by atoms with Crippen molar-refractivity contribution in [3.63, 3.8) is 0 Å². The fraction of sp³-hybridized carbons (Fsp3) is 0.562. The van der Waals surface area contributed by atoms with Crippen molar-refractivity contribution in [2.75, 3.05) is 24.6 Å². The van der Waals surface area contributed by atoms with E-state index in [-0.39, 0.29) is 17.3 Å². The van der Waals surface area contributed by atoms with E-state index in [1.807, 2.05) is 36.9 Å². The van der Waals surface area contributed by atoms with Gasteiger partial charge in [-0.2, -0.15) is 0 Å². The summed E-state index contributed by atoms with van der Waals surface area (Å²) in [6.07, 6.45) is 0.939. The number of nitrogens with zero attached hydrogens (tertiary/aromatic N) is 1. The van der Waals surface area contributed by atoms with Crippen molar-refractivity contribution in [3.8, 4) is 0 Å². The SMILES string of the molecule is CC1C(C)S(=O)CCN1C(=O)NCCCSc1ccccc1. The smallest absolute Gasteiger partial charge is 0.317 e. The predicted molar refractivity (Wildman–Crippen MR) is 93.8 cm³/mol. The first-order valence-electron chi connectivity index (χ1n) is 7.69. The number of thioether (sulfide) groups is 1. The van der Waals surface area contributed by atoms with Gasteiger partial charge in [0, 0.05) is 40.6 Å². The Morgan fingerprint density at radius 3 is 2.82 bits per heavy atom. The lowest BCUT2D eigenvalue weighted by atomic mass is 10.2. The van der Waals surface area contributed by atoms with Crippen LogP contribution in [0.1, 0.15) is 20.3 Å². The summed E-state index contributed by atoms with van der Waals surface area (Å²) < 4.78 is 11.8. The minimum absolute atomic E-state index is 0.0271. The molecule has 1 saturated heterocycles. The van der Waals surface area contributed by atoms with Crippen molar-refractivity contribution in [2.24, 2.45) is 0 Å². The fourth-order valence-electron chi connectivity index (χ4n) is 2.41. The Bertz CT molecular complexity index is 510. The van der Waals surface area contributed by atoms with Gasteiger partial charge in [-0.3, -0.25) is 4.21 Å². The molecule has 1 N–H and O–H groups in total. The van der Waals surface area contributed by atoms with E-state index in [4.69, 9.17) is 0 Å². The van der Waals surface area contributed by atoms with Crippen LogP contribution in [0.2, 0.25) is 0 Å². The highest BCUT2D eigenvalue weighted by molar-refractivity contribution is 7.99. The molecule has 1 aromatic carbocycles. The standard InChI is InChI=1S/C16H24N2O2S2/c1-13-14(2)22(20)12-10-18(13)16(19)17-9-6-11-21-15-7-4-3-5-8-15/h3-5,7-8,13-14H,6,9-12H2,1-2H3,(H,17,19). The first-order valence-corrected chi connectivity index (χ1v) is 10.1. The van der Waals surface area contributed by atoms with Gasteiger partial charge in [-0.15, -0.1) is 11.8 Å². The normalized spacial score (nSPS) is 25.0.